The molecule has 1 heterocycles. The van der Waals surface area contributed by atoms with E-state index in [4.69, 9.17) is 15.2 Å². The monoisotopic (exact) mass is 588 g/mol. The molecule has 3 aromatic carbocycles. The van der Waals surface area contributed by atoms with Crippen molar-refractivity contribution in [2.75, 3.05) is 55.9 Å². The number of ether oxygens (including phenoxy) is 2. The second-order valence-electron chi connectivity index (χ2n) is 12.1. The summed E-state index contributed by atoms with van der Waals surface area (Å²) in [5, 5.41) is 15.6. The van der Waals surface area contributed by atoms with Crippen LogP contribution >= 0.6 is 0 Å². The van der Waals surface area contributed by atoms with Crippen molar-refractivity contribution in [2.45, 2.75) is 64.2 Å². The van der Waals surface area contributed by atoms with E-state index < -0.39 is 0 Å². The summed E-state index contributed by atoms with van der Waals surface area (Å²) in [6.45, 7) is 11.1. The summed E-state index contributed by atoms with van der Waals surface area (Å²) >= 11 is 0. The minimum absolute atomic E-state index is 0.103. The zero-order valence-corrected chi connectivity index (χ0v) is 26.3. The lowest BCUT2D eigenvalue weighted by Gasteiger charge is -2.43. The lowest BCUT2D eigenvalue weighted by molar-refractivity contribution is 0.233. The number of nitrogen functional groups attached to an aromatic ring is 1. The van der Waals surface area contributed by atoms with Gasteiger partial charge in [-0.1, -0.05) is 52.0 Å². The van der Waals surface area contributed by atoms with Crippen molar-refractivity contribution in [2.24, 2.45) is 0 Å². The van der Waals surface area contributed by atoms with Gasteiger partial charge in [-0.2, -0.15) is 0 Å². The van der Waals surface area contributed by atoms with Crippen LogP contribution in [0.25, 0.3) is 0 Å². The third-order valence-electron chi connectivity index (χ3n) is 8.46. The van der Waals surface area contributed by atoms with Crippen molar-refractivity contribution in [3.8, 4) is 11.5 Å². The van der Waals surface area contributed by atoms with Gasteiger partial charge in [-0.15, -0.1) is 0 Å². The molecule has 1 aliphatic heterocycles. The van der Waals surface area contributed by atoms with Crippen LogP contribution in [0.4, 0.5) is 21.9 Å². The fourth-order valence-electron chi connectivity index (χ4n) is 5.96. The average Bonchev–Trinajstić information content (AvgIpc) is 3.01. The number of aliphatic hydroxyl groups is 1. The van der Waals surface area contributed by atoms with Gasteiger partial charge in [-0.25, -0.2) is 4.79 Å². The Balaban J connectivity index is 1.56. The van der Waals surface area contributed by atoms with Gasteiger partial charge < -0.3 is 35.8 Å². The van der Waals surface area contributed by atoms with Gasteiger partial charge >= 0.3 is 6.03 Å². The van der Waals surface area contributed by atoms with Gasteiger partial charge in [0.05, 0.1) is 19.4 Å². The number of piperidine rings is 1. The summed E-state index contributed by atoms with van der Waals surface area (Å²) in [5.41, 5.74) is 11.8. The summed E-state index contributed by atoms with van der Waals surface area (Å²) in [4.78, 5) is 15.9. The molecule has 0 atom stereocenters. The van der Waals surface area contributed by atoms with E-state index in [-0.39, 0.29) is 29.9 Å². The van der Waals surface area contributed by atoms with Gasteiger partial charge in [0.2, 0.25) is 0 Å². The van der Waals surface area contributed by atoms with Gasteiger partial charge in [-0.05, 0) is 77.8 Å². The number of nitrogens with zero attached hydrogens (tertiary/aromatic N) is 1. The van der Waals surface area contributed by atoms with E-state index in [9.17, 15) is 9.90 Å². The molecule has 1 aliphatic rings. The minimum Gasteiger partial charge on any atom is -0.497 e. The Morgan fingerprint density at radius 3 is 2.30 bits per heavy atom. The summed E-state index contributed by atoms with van der Waals surface area (Å²) in [7, 11) is 1.68. The molecule has 0 aromatic heterocycles. The van der Waals surface area contributed by atoms with Gasteiger partial charge in [0.1, 0.15) is 11.5 Å². The van der Waals surface area contributed by atoms with Crippen molar-refractivity contribution in [1.82, 2.24) is 5.32 Å². The molecule has 0 unspecified atom stereocenters. The van der Waals surface area contributed by atoms with E-state index in [1.807, 2.05) is 42.5 Å². The molecule has 1 saturated heterocycles. The van der Waals surface area contributed by atoms with Gasteiger partial charge in [-0.3, -0.25) is 0 Å². The molecular weight excluding hydrogens is 540 g/mol. The van der Waals surface area contributed by atoms with Gasteiger partial charge in [0.25, 0.3) is 0 Å². The molecule has 5 N–H and O–H groups in total. The number of nitrogens with one attached hydrogen (secondary N) is 2. The predicted molar refractivity (Wildman–Crippen MR) is 176 cm³/mol. The van der Waals surface area contributed by atoms with Crippen LogP contribution in [-0.4, -0.2) is 51.1 Å². The number of hydrogen-bond donors (Lipinski definition) is 4. The molecule has 0 saturated carbocycles. The lowest BCUT2D eigenvalue weighted by Crippen LogP contribution is -2.49. The Labute approximate surface area is 256 Å². The van der Waals surface area contributed by atoms with E-state index in [2.05, 4.69) is 61.4 Å². The molecule has 3 aromatic rings. The highest BCUT2D eigenvalue weighted by Crippen LogP contribution is 2.40. The molecule has 0 bridgehead atoms. The Kier molecular flexibility index (Phi) is 10.8. The Morgan fingerprint density at radius 2 is 1.67 bits per heavy atom. The molecule has 8 heteroatoms. The molecule has 0 spiro atoms. The van der Waals surface area contributed by atoms with Crippen LogP contribution in [0.2, 0.25) is 0 Å². The van der Waals surface area contributed by atoms with Crippen LogP contribution in [0.1, 0.15) is 75.5 Å². The first kappa shape index (κ1) is 32.0. The number of carbonyl (C=O) groups excluding carboxylic acids is 1. The smallest absolute Gasteiger partial charge is 0.319 e. The van der Waals surface area contributed by atoms with Crippen LogP contribution in [0, 0.1) is 0 Å². The SMILES string of the molecule is COc1cccc(C2(CNC(=O)Nc3c(C(C)C)cc(N)cc3C(C)C)CCN(c3ccccc3OCCCO)CC2)c1. The van der Waals surface area contributed by atoms with E-state index in [1.54, 1.807) is 7.11 Å². The third kappa shape index (κ3) is 7.73. The van der Waals surface area contributed by atoms with Crippen molar-refractivity contribution in [3.05, 3.63) is 77.4 Å². The highest BCUT2D eigenvalue weighted by Gasteiger charge is 2.37. The predicted octanol–water partition coefficient (Wildman–Crippen LogP) is 6.65. The zero-order valence-electron chi connectivity index (χ0n) is 26.3. The van der Waals surface area contributed by atoms with E-state index in [0.717, 1.165) is 65.5 Å². The number of rotatable bonds is 12. The number of carbonyl (C=O) groups is 1. The molecule has 4 rings (SSSR count). The Morgan fingerprint density at radius 1 is 1.00 bits per heavy atom. The minimum atomic E-state index is -0.280. The van der Waals surface area contributed by atoms with E-state index in [0.29, 0.717) is 25.3 Å². The maximum atomic E-state index is 13.5. The molecule has 232 valence electrons. The number of benzene rings is 3. The maximum absolute atomic E-state index is 13.5. The highest BCUT2D eigenvalue weighted by atomic mass is 16.5. The number of amides is 2. The van der Waals surface area contributed by atoms with Crippen LogP contribution < -0.4 is 30.7 Å². The average molecular weight is 589 g/mol. The molecule has 0 radical (unpaired) electrons. The molecule has 0 aliphatic carbocycles. The second kappa shape index (κ2) is 14.5. The third-order valence-corrected chi connectivity index (χ3v) is 8.46. The Bertz CT molecular complexity index is 1340. The van der Waals surface area contributed by atoms with E-state index >= 15 is 0 Å². The van der Waals surface area contributed by atoms with Crippen molar-refractivity contribution < 1.29 is 19.4 Å². The van der Waals surface area contributed by atoms with Crippen LogP contribution in [0.15, 0.2) is 60.7 Å². The van der Waals surface area contributed by atoms with Crippen molar-refractivity contribution in [3.63, 3.8) is 0 Å². The molecule has 8 nitrogen and oxygen atoms in total. The fraction of sp³-hybridized carbons (Fsp3) is 0.457. The largest absolute Gasteiger partial charge is 0.497 e. The summed E-state index contributed by atoms with van der Waals surface area (Å²) in [6.07, 6.45) is 2.26. The molecule has 1 fully saturated rings. The van der Waals surface area contributed by atoms with E-state index in [1.165, 1.54) is 0 Å². The number of para-hydroxylation sites is 2. The molecule has 43 heavy (non-hydrogen) atoms. The van der Waals surface area contributed by atoms with Crippen molar-refractivity contribution >= 4 is 23.1 Å². The standard InChI is InChI=1S/C35H48N4O4/c1-24(2)29-21-27(36)22-30(25(3)4)33(29)38-34(41)37-23-35(26-10-8-11-28(20-26)42-5)14-16-39(17-15-35)31-12-6-7-13-32(31)43-19-9-18-40/h6-8,10-13,20-22,24-25,40H,9,14-19,23,36H2,1-5H3,(H2,37,38,41). The molecule has 2 amide bonds. The molecular formula is C35H48N4O4. The number of anilines is 3. The number of hydrogen-bond acceptors (Lipinski definition) is 6. The van der Waals surface area contributed by atoms with Gasteiger partial charge in [0, 0.05) is 49.5 Å². The fourth-order valence-corrected chi connectivity index (χ4v) is 5.96. The highest BCUT2D eigenvalue weighted by molar-refractivity contribution is 5.92. The number of nitrogens with two attached hydrogens (primary N) is 1. The topological polar surface area (TPSA) is 109 Å². The van der Waals surface area contributed by atoms with Crippen molar-refractivity contribution in [1.29, 1.82) is 0 Å². The van der Waals surface area contributed by atoms with Crippen LogP contribution in [0.3, 0.4) is 0 Å². The lowest BCUT2D eigenvalue weighted by atomic mass is 9.72. The summed E-state index contributed by atoms with van der Waals surface area (Å²) in [6, 6.07) is 20.0. The second-order valence-corrected chi connectivity index (χ2v) is 12.1. The Hall–Kier alpha value is -3.91. The first-order valence-corrected chi connectivity index (χ1v) is 15.4. The van der Waals surface area contributed by atoms with Crippen LogP contribution in [0.5, 0.6) is 11.5 Å². The first-order chi connectivity index (χ1) is 20.7. The normalized spacial score (nSPS) is 14.6. The zero-order chi connectivity index (χ0) is 31.0. The van der Waals surface area contributed by atoms with Gasteiger partial charge in [0.15, 0.2) is 0 Å². The summed E-state index contributed by atoms with van der Waals surface area (Å²) < 4.78 is 11.6. The quantitative estimate of drug-likeness (QED) is 0.139. The number of urea groups is 1. The first-order valence-electron chi connectivity index (χ1n) is 15.4. The van der Waals surface area contributed by atoms with Crippen LogP contribution in [-0.2, 0) is 5.41 Å². The summed E-state index contributed by atoms with van der Waals surface area (Å²) in [5.74, 6) is 2.04. The number of methoxy groups -OCH3 is 1. The maximum Gasteiger partial charge on any atom is 0.319 e. The number of aliphatic hydroxyl groups excluding tert-OH is 1.